The van der Waals surface area contributed by atoms with Gasteiger partial charge in [-0.1, -0.05) is 36.4 Å². The van der Waals surface area contributed by atoms with Gasteiger partial charge in [-0.2, -0.15) is 0 Å². The van der Waals surface area contributed by atoms with Crippen molar-refractivity contribution < 1.29 is 14.3 Å². The highest BCUT2D eigenvalue weighted by atomic mass is 19.1. The van der Waals surface area contributed by atoms with Gasteiger partial charge in [0, 0.05) is 26.2 Å². The van der Waals surface area contributed by atoms with Gasteiger partial charge in [-0.3, -0.25) is 9.69 Å². The van der Waals surface area contributed by atoms with Crippen molar-refractivity contribution in [3.8, 4) is 0 Å². The van der Waals surface area contributed by atoms with Crippen molar-refractivity contribution in [3.05, 3.63) is 70.5 Å². The minimum atomic E-state index is -0.473. The van der Waals surface area contributed by atoms with Crippen molar-refractivity contribution in [2.24, 2.45) is 0 Å². The number of halogens is 1. The predicted molar refractivity (Wildman–Crippen MR) is 94.7 cm³/mol. The van der Waals surface area contributed by atoms with Crippen LogP contribution in [0.2, 0.25) is 0 Å². The monoisotopic (exact) mass is 342 g/mol. The summed E-state index contributed by atoms with van der Waals surface area (Å²) in [5, 5.41) is 12.5. The molecule has 0 radical (unpaired) electrons. The Labute approximate surface area is 147 Å². The fourth-order valence-electron chi connectivity index (χ4n) is 3.17. The summed E-state index contributed by atoms with van der Waals surface area (Å²) >= 11 is 0. The lowest BCUT2D eigenvalue weighted by Crippen LogP contribution is -2.26. The van der Waals surface area contributed by atoms with Crippen LogP contribution in [-0.2, 0) is 13.1 Å². The van der Waals surface area contributed by atoms with E-state index in [2.05, 4.69) is 10.2 Å². The number of hydrogen-bond acceptors (Lipinski definition) is 3. The molecular weight excluding hydrogens is 319 g/mol. The number of aliphatic hydroxyl groups is 1. The first-order chi connectivity index (χ1) is 12.0. The van der Waals surface area contributed by atoms with E-state index in [4.69, 9.17) is 0 Å². The Hall–Kier alpha value is -2.24. The van der Waals surface area contributed by atoms with Gasteiger partial charge in [-0.15, -0.1) is 0 Å². The Morgan fingerprint density at radius 3 is 2.72 bits per heavy atom. The maximum atomic E-state index is 14.1. The summed E-state index contributed by atoms with van der Waals surface area (Å²) in [6.07, 6.45) is 0.544. The molecule has 25 heavy (non-hydrogen) atoms. The second-order valence-corrected chi connectivity index (χ2v) is 6.57. The fraction of sp³-hybridized carbons (Fsp3) is 0.350. The van der Waals surface area contributed by atoms with E-state index in [1.54, 1.807) is 19.1 Å². The standard InChI is InChI=1S/C20H23FN2O2/c1-14-5-4-8-18(19(14)21)20(25)22-11-15-6-2-3-7-16(15)12-23-10-9-17(24)13-23/h2-8,17,24H,9-13H2,1H3,(H,22,25)/t17-/m0/s1. The second-order valence-electron chi connectivity index (χ2n) is 6.57. The van der Waals surface area contributed by atoms with Crippen LogP contribution in [0.1, 0.15) is 33.5 Å². The molecular formula is C20H23FN2O2. The van der Waals surface area contributed by atoms with Gasteiger partial charge in [0.2, 0.25) is 0 Å². The van der Waals surface area contributed by atoms with Crippen LogP contribution in [-0.4, -0.2) is 35.1 Å². The molecule has 1 aliphatic rings. The Morgan fingerprint density at radius 1 is 1.24 bits per heavy atom. The molecule has 0 aliphatic carbocycles. The van der Waals surface area contributed by atoms with E-state index in [1.807, 2.05) is 24.3 Å². The molecule has 0 unspecified atom stereocenters. The van der Waals surface area contributed by atoms with Gasteiger partial charge in [0.1, 0.15) is 5.82 Å². The quantitative estimate of drug-likeness (QED) is 0.878. The molecule has 1 saturated heterocycles. The highest BCUT2D eigenvalue weighted by Gasteiger charge is 2.21. The summed E-state index contributed by atoms with van der Waals surface area (Å²) < 4.78 is 14.1. The van der Waals surface area contributed by atoms with Crippen molar-refractivity contribution in [1.82, 2.24) is 10.2 Å². The molecule has 2 aromatic rings. The van der Waals surface area contributed by atoms with Gasteiger partial charge in [0.05, 0.1) is 11.7 Å². The molecule has 1 amide bonds. The lowest BCUT2D eigenvalue weighted by molar-refractivity contribution is 0.0946. The minimum absolute atomic E-state index is 0.0696. The number of likely N-dealkylation sites (tertiary alicyclic amines) is 1. The van der Waals surface area contributed by atoms with Crippen LogP contribution in [0.25, 0.3) is 0 Å². The van der Waals surface area contributed by atoms with E-state index in [9.17, 15) is 14.3 Å². The first-order valence-electron chi connectivity index (χ1n) is 8.55. The minimum Gasteiger partial charge on any atom is -0.392 e. The van der Waals surface area contributed by atoms with Gasteiger partial charge < -0.3 is 10.4 Å². The number of β-amino-alcohol motifs (C(OH)–C–C–N with tert-alkyl or cyclic N) is 1. The first-order valence-corrected chi connectivity index (χ1v) is 8.55. The Bertz CT molecular complexity index is 763. The molecule has 0 saturated carbocycles. The van der Waals surface area contributed by atoms with Gasteiger partial charge >= 0.3 is 0 Å². The smallest absolute Gasteiger partial charge is 0.254 e. The molecule has 2 N–H and O–H groups in total. The third-order valence-electron chi connectivity index (χ3n) is 4.64. The number of carbonyl (C=O) groups is 1. The second kappa shape index (κ2) is 7.76. The number of nitrogens with one attached hydrogen (secondary N) is 1. The summed E-state index contributed by atoms with van der Waals surface area (Å²) in [6.45, 7) is 4.28. The molecule has 2 aromatic carbocycles. The van der Waals surface area contributed by atoms with Crippen LogP contribution in [0, 0.1) is 12.7 Å². The number of aryl methyl sites for hydroxylation is 1. The van der Waals surface area contributed by atoms with E-state index < -0.39 is 11.7 Å². The zero-order valence-corrected chi connectivity index (χ0v) is 14.3. The molecule has 1 atom stereocenters. The topological polar surface area (TPSA) is 52.6 Å². The maximum absolute atomic E-state index is 14.1. The van der Waals surface area contributed by atoms with Gasteiger partial charge in [0.25, 0.3) is 5.91 Å². The number of amides is 1. The summed E-state index contributed by atoms with van der Waals surface area (Å²) in [6, 6.07) is 12.7. The highest BCUT2D eigenvalue weighted by molar-refractivity contribution is 5.94. The molecule has 0 bridgehead atoms. The SMILES string of the molecule is Cc1cccc(C(=O)NCc2ccccc2CN2CC[C@H](O)C2)c1F. The first kappa shape index (κ1) is 17.6. The molecule has 0 aromatic heterocycles. The van der Waals surface area contributed by atoms with Crippen molar-refractivity contribution in [1.29, 1.82) is 0 Å². The predicted octanol–water partition coefficient (Wildman–Crippen LogP) is 2.63. The lowest BCUT2D eigenvalue weighted by atomic mass is 10.1. The average molecular weight is 342 g/mol. The van der Waals surface area contributed by atoms with E-state index in [0.717, 1.165) is 30.6 Å². The summed E-state index contributed by atoms with van der Waals surface area (Å²) in [4.78, 5) is 14.5. The van der Waals surface area contributed by atoms with Crippen LogP contribution < -0.4 is 5.32 Å². The van der Waals surface area contributed by atoms with Crippen LogP contribution in [0.15, 0.2) is 42.5 Å². The van der Waals surface area contributed by atoms with Crippen LogP contribution >= 0.6 is 0 Å². The largest absolute Gasteiger partial charge is 0.392 e. The number of aliphatic hydroxyl groups excluding tert-OH is 1. The third kappa shape index (κ3) is 4.24. The van der Waals surface area contributed by atoms with Crippen molar-refractivity contribution in [2.45, 2.75) is 32.5 Å². The summed E-state index contributed by atoms with van der Waals surface area (Å²) in [5.74, 6) is -0.882. The Morgan fingerprint density at radius 2 is 2.00 bits per heavy atom. The molecule has 0 spiro atoms. The molecule has 132 valence electrons. The highest BCUT2D eigenvalue weighted by Crippen LogP contribution is 2.17. The number of carbonyl (C=O) groups excluding carboxylic acids is 1. The van der Waals surface area contributed by atoms with E-state index >= 15 is 0 Å². The lowest BCUT2D eigenvalue weighted by Gasteiger charge is -2.18. The maximum Gasteiger partial charge on any atom is 0.254 e. The van der Waals surface area contributed by atoms with Crippen molar-refractivity contribution in [3.63, 3.8) is 0 Å². The fourth-order valence-corrected chi connectivity index (χ4v) is 3.17. The Kier molecular flexibility index (Phi) is 5.46. The van der Waals surface area contributed by atoms with E-state index in [0.29, 0.717) is 18.7 Å². The molecule has 4 nitrogen and oxygen atoms in total. The molecule has 1 heterocycles. The van der Waals surface area contributed by atoms with Crippen LogP contribution in [0.3, 0.4) is 0 Å². The molecule has 1 aliphatic heterocycles. The molecule has 3 rings (SSSR count). The van der Waals surface area contributed by atoms with Crippen molar-refractivity contribution in [2.75, 3.05) is 13.1 Å². The molecule has 5 heteroatoms. The van der Waals surface area contributed by atoms with Crippen LogP contribution in [0.4, 0.5) is 4.39 Å². The number of benzene rings is 2. The zero-order chi connectivity index (χ0) is 17.8. The number of rotatable bonds is 5. The summed E-state index contributed by atoms with van der Waals surface area (Å²) in [7, 11) is 0. The third-order valence-corrected chi connectivity index (χ3v) is 4.64. The Balaban J connectivity index is 1.67. The van der Waals surface area contributed by atoms with Crippen molar-refractivity contribution >= 4 is 5.91 Å². The molecule has 1 fully saturated rings. The summed E-state index contributed by atoms with van der Waals surface area (Å²) in [5.41, 5.74) is 2.65. The average Bonchev–Trinajstić information content (AvgIpc) is 3.01. The van der Waals surface area contributed by atoms with Crippen LogP contribution in [0.5, 0.6) is 0 Å². The zero-order valence-electron chi connectivity index (χ0n) is 14.3. The van der Waals surface area contributed by atoms with Gasteiger partial charge in [0.15, 0.2) is 0 Å². The number of nitrogens with zero attached hydrogens (tertiary/aromatic N) is 1. The van der Waals surface area contributed by atoms with Gasteiger partial charge in [-0.05, 0) is 36.1 Å². The van der Waals surface area contributed by atoms with E-state index in [1.165, 1.54) is 6.07 Å². The van der Waals surface area contributed by atoms with Gasteiger partial charge in [-0.25, -0.2) is 4.39 Å². The number of hydrogen-bond donors (Lipinski definition) is 2. The van der Waals surface area contributed by atoms with E-state index in [-0.39, 0.29) is 11.7 Å². The normalized spacial score (nSPS) is 17.6.